The molecular weight excluding hydrogens is 346 g/mol. The van der Waals surface area contributed by atoms with Crippen LogP contribution in [0.15, 0.2) is 17.3 Å². The Labute approximate surface area is 152 Å². The van der Waals surface area contributed by atoms with Crippen molar-refractivity contribution in [1.82, 2.24) is 10.2 Å². The molecule has 3 rings (SSSR count). The lowest BCUT2D eigenvalue weighted by molar-refractivity contribution is -0.131. The topological polar surface area (TPSA) is 53.9 Å². The van der Waals surface area contributed by atoms with E-state index in [-0.39, 0.29) is 5.91 Å². The van der Waals surface area contributed by atoms with E-state index in [1.807, 2.05) is 12.1 Å². The predicted molar refractivity (Wildman–Crippen MR) is 97.8 cm³/mol. The van der Waals surface area contributed by atoms with Crippen LogP contribution in [0.5, 0.6) is 0 Å². The molecule has 5 nitrogen and oxygen atoms in total. The number of hydrogen-bond donors (Lipinski definition) is 1. The number of halogens is 1. The van der Waals surface area contributed by atoms with Gasteiger partial charge in [0.2, 0.25) is 6.10 Å². The summed E-state index contributed by atoms with van der Waals surface area (Å²) in [4.78, 5) is 20.9. The maximum absolute atomic E-state index is 12.2. The lowest BCUT2D eigenvalue weighted by atomic mass is 9.92. The van der Waals surface area contributed by atoms with E-state index in [0.717, 1.165) is 42.1 Å². The second-order valence-corrected chi connectivity index (χ2v) is 8.65. The normalized spacial score (nSPS) is 27.6. The van der Waals surface area contributed by atoms with Gasteiger partial charge in [-0.15, -0.1) is 11.3 Å². The van der Waals surface area contributed by atoms with Crippen molar-refractivity contribution in [3.8, 4) is 0 Å². The number of nitrogens with one attached hydrogen (secondary N) is 1. The molecule has 3 heterocycles. The third-order valence-electron chi connectivity index (χ3n) is 4.49. The molecule has 1 aromatic heterocycles. The number of thiophene rings is 1. The van der Waals surface area contributed by atoms with Crippen LogP contribution in [0.3, 0.4) is 0 Å². The van der Waals surface area contributed by atoms with E-state index in [9.17, 15) is 4.79 Å². The van der Waals surface area contributed by atoms with Crippen LogP contribution >= 0.6 is 22.9 Å². The molecule has 0 aromatic carbocycles. The van der Waals surface area contributed by atoms with Gasteiger partial charge in [0, 0.05) is 32.6 Å². The number of piperidine rings is 1. The highest BCUT2D eigenvalue weighted by atomic mass is 35.5. The lowest BCUT2D eigenvalue weighted by Gasteiger charge is -2.34. The molecule has 1 amide bonds. The van der Waals surface area contributed by atoms with Gasteiger partial charge in [-0.3, -0.25) is 4.79 Å². The van der Waals surface area contributed by atoms with Gasteiger partial charge >= 0.3 is 0 Å². The van der Waals surface area contributed by atoms with Crippen molar-refractivity contribution in [2.45, 2.75) is 32.8 Å². The fraction of sp³-hybridized carbons (Fsp3) is 0.647. The van der Waals surface area contributed by atoms with Crippen LogP contribution in [0, 0.1) is 11.8 Å². The molecule has 24 heavy (non-hydrogen) atoms. The number of nitrogens with zero attached hydrogens (tertiary/aromatic N) is 2. The van der Waals surface area contributed by atoms with Crippen molar-refractivity contribution in [1.29, 1.82) is 0 Å². The monoisotopic (exact) mass is 369 g/mol. The van der Waals surface area contributed by atoms with Gasteiger partial charge in [0.1, 0.15) is 5.71 Å². The number of oxime groups is 1. The maximum atomic E-state index is 12.2. The zero-order valence-corrected chi connectivity index (χ0v) is 15.7. The van der Waals surface area contributed by atoms with Gasteiger partial charge in [0.05, 0.1) is 9.21 Å². The number of amides is 1. The Balaban J connectivity index is 1.40. The van der Waals surface area contributed by atoms with Crippen LogP contribution in [0.25, 0.3) is 0 Å². The molecule has 3 atom stereocenters. The van der Waals surface area contributed by atoms with Gasteiger partial charge < -0.3 is 15.1 Å². The fourth-order valence-corrected chi connectivity index (χ4v) is 4.59. The molecular formula is C17H24ClN3O2S. The Kier molecular flexibility index (Phi) is 5.79. The number of carbonyl (C=O) groups excluding carboxylic acids is 1. The van der Waals surface area contributed by atoms with Gasteiger partial charge in [-0.1, -0.05) is 30.6 Å². The highest BCUT2D eigenvalue weighted by Gasteiger charge is 2.29. The molecule has 1 N–H and O–H groups in total. The Morgan fingerprint density at radius 1 is 1.42 bits per heavy atom. The predicted octanol–water partition coefficient (Wildman–Crippen LogP) is 2.99. The summed E-state index contributed by atoms with van der Waals surface area (Å²) in [7, 11) is 0. The number of rotatable bonds is 5. The van der Waals surface area contributed by atoms with E-state index < -0.39 is 6.10 Å². The van der Waals surface area contributed by atoms with E-state index in [0.29, 0.717) is 17.3 Å². The SMILES string of the molecule is C[C@@H]1C[C@@H](C)CN(CCNC(=O)[C@@H]2CC(c3ccc(Cl)s3)=NO2)C1. The standard InChI is InChI=1S/C17H24ClN3O2S/c1-11-7-12(2)10-21(9-11)6-5-19-17(22)14-8-13(20-23-14)15-3-4-16(18)24-15/h3-4,11-12,14H,5-10H2,1-2H3,(H,19,22)/t11-,12-,14+/m1/s1. The molecule has 132 valence electrons. The molecule has 0 bridgehead atoms. The summed E-state index contributed by atoms with van der Waals surface area (Å²) in [5, 5.41) is 7.01. The molecule has 0 aliphatic carbocycles. The molecule has 2 aliphatic rings. The minimum Gasteiger partial charge on any atom is -0.382 e. The summed E-state index contributed by atoms with van der Waals surface area (Å²) in [6.45, 7) is 8.37. The third kappa shape index (κ3) is 4.49. The van der Waals surface area contributed by atoms with Crippen LogP contribution in [0.1, 0.15) is 31.6 Å². The average Bonchev–Trinajstić information content (AvgIpc) is 3.14. The number of carbonyl (C=O) groups is 1. The number of likely N-dealkylation sites (tertiary alicyclic amines) is 1. The fourth-order valence-electron chi connectivity index (χ4n) is 3.56. The van der Waals surface area contributed by atoms with E-state index in [2.05, 4.69) is 29.2 Å². The summed E-state index contributed by atoms with van der Waals surface area (Å²) in [5.41, 5.74) is 0.797. The van der Waals surface area contributed by atoms with Gasteiger partial charge in [0.15, 0.2) is 0 Å². The smallest absolute Gasteiger partial charge is 0.264 e. The molecule has 0 saturated carbocycles. The summed E-state index contributed by atoms with van der Waals surface area (Å²) in [6, 6.07) is 3.74. The third-order valence-corrected chi connectivity index (χ3v) is 5.77. The molecule has 0 spiro atoms. The van der Waals surface area contributed by atoms with Crippen molar-refractivity contribution < 1.29 is 9.63 Å². The van der Waals surface area contributed by atoms with Gasteiger partial charge in [-0.25, -0.2) is 0 Å². The van der Waals surface area contributed by atoms with E-state index in [4.69, 9.17) is 16.4 Å². The summed E-state index contributed by atoms with van der Waals surface area (Å²) < 4.78 is 0.714. The second kappa shape index (κ2) is 7.85. The Morgan fingerprint density at radius 3 is 2.83 bits per heavy atom. The summed E-state index contributed by atoms with van der Waals surface area (Å²) >= 11 is 7.39. The highest BCUT2D eigenvalue weighted by Crippen LogP contribution is 2.26. The first-order valence-electron chi connectivity index (χ1n) is 8.49. The molecule has 0 unspecified atom stereocenters. The molecule has 2 aliphatic heterocycles. The molecule has 7 heteroatoms. The largest absolute Gasteiger partial charge is 0.382 e. The van der Waals surface area contributed by atoms with Crippen molar-refractivity contribution in [3.05, 3.63) is 21.3 Å². The van der Waals surface area contributed by atoms with Crippen LogP contribution in [0.2, 0.25) is 4.34 Å². The quantitative estimate of drug-likeness (QED) is 0.868. The molecule has 1 saturated heterocycles. The Hall–Kier alpha value is -1.11. The average molecular weight is 370 g/mol. The molecule has 1 aromatic rings. The minimum atomic E-state index is -0.528. The Morgan fingerprint density at radius 2 is 2.17 bits per heavy atom. The van der Waals surface area contributed by atoms with Crippen LogP contribution in [0.4, 0.5) is 0 Å². The first kappa shape index (κ1) is 17.7. The molecule has 1 fully saturated rings. The van der Waals surface area contributed by atoms with E-state index >= 15 is 0 Å². The van der Waals surface area contributed by atoms with E-state index in [1.165, 1.54) is 17.8 Å². The molecule has 0 radical (unpaired) electrons. The van der Waals surface area contributed by atoms with Gasteiger partial charge in [-0.2, -0.15) is 0 Å². The van der Waals surface area contributed by atoms with Crippen molar-refractivity contribution in [2.24, 2.45) is 17.0 Å². The van der Waals surface area contributed by atoms with Crippen molar-refractivity contribution in [2.75, 3.05) is 26.2 Å². The Bertz CT molecular complexity index is 609. The van der Waals surface area contributed by atoms with E-state index in [1.54, 1.807) is 0 Å². The van der Waals surface area contributed by atoms with Crippen LogP contribution in [-0.2, 0) is 9.63 Å². The first-order chi connectivity index (χ1) is 11.5. The zero-order valence-electron chi connectivity index (χ0n) is 14.1. The summed E-state index contributed by atoms with van der Waals surface area (Å²) in [6.07, 6.45) is 1.27. The van der Waals surface area contributed by atoms with Crippen molar-refractivity contribution >= 4 is 34.6 Å². The van der Waals surface area contributed by atoms with Gasteiger partial charge in [-0.05, 0) is 30.4 Å². The highest BCUT2D eigenvalue weighted by molar-refractivity contribution is 7.18. The second-order valence-electron chi connectivity index (χ2n) is 6.94. The zero-order chi connectivity index (χ0) is 17.1. The van der Waals surface area contributed by atoms with Crippen molar-refractivity contribution in [3.63, 3.8) is 0 Å². The summed E-state index contributed by atoms with van der Waals surface area (Å²) in [5.74, 6) is 1.38. The maximum Gasteiger partial charge on any atom is 0.264 e. The van der Waals surface area contributed by atoms with Gasteiger partial charge in [0.25, 0.3) is 5.91 Å². The van der Waals surface area contributed by atoms with Crippen LogP contribution < -0.4 is 5.32 Å². The minimum absolute atomic E-state index is 0.0884. The first-order valence-corrected chi connectivity index (χ1v) is 9.69. The number of hydrogen-bond acceptors (Lipinski definition) is 5. The van der Waals surface area contributed by atoms with Crippen LogP contribution in [-0.4, -0.2) is 48.8 Å². The lowest BCUT2D eigenvalue weighted by Crippen LogP contribution is -2.44.